The summed E-state index contributed by atoms with van der Waals surface area (Å²) in [5, 5.41) is 3.12. The van der Waals surface area contributed by atoms with Crippen molar-refractivity contribution in [3.63, 3.8) is 0 Å². The maximum absolute atomic E-state index is 4.68. The van der Waals surface area contributed by atoms with E-state index in [-0.39, 0.29) is 0 Å². The number of rotatable bonds is 5. The topological polar surface area (TPSA) is 41.1 Å². The average molecular weight is 234 g/mol. The summed E-state index contributed by atoms with van der Waals surface area (Å²) in [5.41, 5.74) is 1.02. The van der Waals surface area contributed by atoms with E-state index in [0.29, 0.717) is 6.04 Å². The summed E-state index contributed by atoms with van der Waals surface area (Å²) in [5.74, 6) is 1.03. The molecule has 0 aromatic carbocycles. The summed E-state index contributed by atoms with van der Waals surface area (Å²) in [6, 6.07) is 0.666. The van der Waals surface area contributed by atoms with Crippen LogP contribution < -0.4 is 10.2 Å². The Hall–Kier alpha value is -1.16. The molecule has 1 aliphatic rings. The molecule has 0 radical (unpaired) electrons. The summed E-state index contributed by atoms with van der Waals surface area (Å²) in [6.07, 6.45) is 9.02. The Labute approximate surface area is 103 Å². The van der Waals surface area contributed by atoms with Crippen LogP contribution >= 0.6 is 0 Å². The normalized spacial score (nSPS) is 16.4. The van der Waals surface area contributed by atoms with Crippen molar-refractivity contribution in [2.24, 2.45) is 0 Å². The molecule has 0 atom stereocenters. The molecule has 4 nitrogen and oxygen atoms in total. The molecule has 1 aromatic rings. The molecule has 94 valence electrons. The molecule has 4 heteroatoms. The Balaban J connectivity index is 2.14. The fraction of sp³-hybridized carbons (Fsp3) is 0.692. The molecule has 2 rings (SSSR count). The van der Waals surface area contributed by atoms with Crippen LogP contribution in [0.1, 0.15) is 38.3 Å². The van der Waals surface area contributed by atoms with E-state index in [0.717, 1.165) is 24.6 Å². The second kappa shape index (κ2) is 5.96. The minimum Gasteiger partial charge on any atom is -0.353 e. The Kier molecular flexibility index (Phi) is 4.31. The third-order valence-corrected chi connectivity index (χ3v) is 3.43. The van der Waals surface area contributed by atoms with Crippen molar-refractivity contribution in [3.8, 4) is 0 Å². The highest BCUT2D eigenvalue weighted by atomic mass is 15.2. The predicted molar refractivity (Wildman–Crippen MR) is 70.1 cm³/mol. The van der Waals surface area contributed by atoms with Gasteiger partial charge in [-0.15, -0.1) is 0 Å². The summed E-state index contributed by atoms with van der Waals surface area (Å²) in [7, 11) is 1.93. The van der Waals surface area contributed by atoms with E-state index >= 15 is 0 Å². The van der Waals surface area contributed by atoms with Gasteiger partial charge in [0.2, 0.25) is 0 Å². The van der Waals surface area contributed by atoms with Crippen molar-refractivity contribution < 1.29 is 0 Å². The number of hydrogen-bond donors (Lipinski definition) is 1. The van der Waals surface area contributed by atoms with Gasteiger partial charge in [0.05, 0.1) is 11.9 Å². The smallest absolute Gasteiger partial charge is 0.147 e. The zero-order valence-corrected chi connectivity index (χ0v) is 10.8. The zero-order chi connectivity index (χ0) is 12.1. The molecule has 0 saturated heterocycles. The van der Waals surface area contributed by atoms with E-state index < -0.39 is 0 Å². The van der Waals surface area contributed by atoms with Gasteiger partial charge in [-0.25, -0.2) is 4.98 Å². The Bertz CT molecular complexity index is 347. The van der Waals surface area contributed by atoms with Gasteiger partial charge in [0, 0.05) is 25.3 Å². The highest BCUT2D eigenvalue weighted by Gasteiger charge is 2.22. The van der Waals surface area contributed by atoms with Crippen LogP contribution in [0.25, 0.3) is 0 Å². The summed E-state index contributed by atoms with van der Waals surface area (Å²) in [6.45, 7) is 4.00. The molecule has 0 amide bonds. The monoisotopic (exact) mass is 234 g/mol. The predicted octanol–water partition coefficient (Wildman–Crippen LogP) is 1.96. The number of aromatic nitrogens is 2. The third kappa shape index (κ3) is 2.94. The van der Waals surface area contributed by atoms with Crippen molar-refractivity contribution in [1.29, 1.82) is 0 Å². The Morgan fingerprint density at radius 1 is 1.35 bits per heavy atom. The van der Waals surface area contributed by atoms with Crippen LogP contribution in [-0.2, 0) is 6.54 Å². The van der Waals surface area contributed by atoms with Gasteiger partial charge in [0.1, 0.15) is 5.82 Å². The summed E-state index contributed by atoms with van der Waals surface area (Å²) >= 11 is 0. The van der Waals surface area contributed by atoms with Crippen molar-refractivity contribution in [1.82, 2.24) is 15.3 Å². The minimum atomic E-state index is 0.666. The van der Waals surface area contributed by atoms with Crippen LogP contribution in [0.3, 0.4) is 0 Å². The van der Waals surface area contributed by atoms with E-state index in [1.165, 1.54) is 25.7 Å². The molecule has 0 spiro atoms. The van der Waals surface area contributed by atoms with Crippen LogP contribution in [0.15, 0.2) is 12.4 Å². The van der Waals surface area contributed by atoms with Crippen LogP contribution in [0.2, 0.25) is 0 Å². The Morgan fingerprint density at radius 3 is 2.76 bits per heavy atom. The second-order valence-electron chi connectivity index (χ2n) is 4.62. The van der Waals surface area contributed by atoms with Gasteiger partial charge in [0.15, 0.2) is 0 Å². The van der Waals surface area contributed by atoms with Crippen LogP contribution in [0, 0.1) is 0 Å². The molecular formula is C13H22N4. The molecule has 0 bridgehead atoms. The lowest BCUT2D eigenvalue weighted by atomic mass is 10.2. The number of nitrogens with zero attached hydrogens (tertiary/aromatic N) is 3. The lowest BCUT2D eigenvalue weighted by molar-refractivity contribution is 0.609. The molecule has 1 fully saturated rings. The standard InChI is InChI=1S/C13H22N4/c1-3-17(12-6-4-5-7-12)13-10-15-9-11(16-13)8-14-2/h9-10,12,14H,3-8H2,1-2H3. The summed E-state index contributed by atoms with van der Waals surface area (Å²) < 4.78 is 0. The van der Waals surface area contributed by atoms with E-state index in [9.17, 15) is 0 Å². The molecule has 0 aliphatic heterocycles. The van der Waals surface area contributed by atoms with Gasteiger partial charge in [-0.3, -0.25) is 4.98 Å². The van der Waals surface area contributed by atoms with Gasteiger partial charge in [-0.05, 0) is 26.8 Å². The van der Waals surface area contributed by atoms with Crippen molar-refractivity contribution in [3.05, 3.63) is 18.1 Å². The molecule has 1 N–H and O–H groups in total. The maximum atomic E-state index is 4.68. The third-order valence-electron chi connectivity index (χ3n) is 3.43. The maximum Gasteiger partial charge on any atom is 0.147 e. The molecule has 0 unspecified atom stereocenters. The van der Waals surface area contributed by atoms with Gasteiger partial charge in [-0.1, -0.05) is 12.8 Å². The quantitative estimate of drug-likeness (QED) is 0.845. The van der Waals surface area contributed by atoms with Crippen molar-refractivity contribution >= 4 is 5.82 Å². The molecule has 17 heavy (non-hydrogen) atoms. The highest BCUT2D eigenvalue weighted by molar-refractivity contribution is 5.38. The van der Waals surface area contributed by atoms with Crippen LogP contribution in [-0.4, -0.2) is 29.6 Å². The van der Waals surface area contributed by atoms with Crippen LogP contribution in [0.5, 0.6) is 0 Å². The zero-order valence-electron chi connectivity index (χ0n) is 10.8. The van der Waals surface area contributed by atoms with Crippen molar-refractivity contribution in [2.75, 3.05) is 18.5 Å². The molecule has 1 aromatic heterocycles. The highest BCUT2D eigenvalue weighted by Crippen LogP contribution is 2.26. The van der Waals surface area contributed by atoms with Gasteiger partial charge in [-0.2, -0.15) is 0 Å². The van der Waals surface area contributed by atoms with E-state index in [2.05, 4.69) is 27.1 Å². The molecular weight excluding hydrogens is 212 g/mol. The first kappa shape index (κ1) is 12.3. The molecule has 1 aliphatic carbocycles. The fourth-order valence-corrected chi connectivity index (χ4v) is 2.62. The molecule has 1 saturated carbocycles. The van der Waals surface area contributed by atoms with Gasteiger partial charge < -0.3 is 10.2 Å². The SMILES string of the molecule is CCN(c1cncc(CNC)n1)C1CCCC1. The van der Waals surface area contributed by atoms with Crippen molar-refractivity contribution in [2.45, 2.75) is 45.2 Å². The van der Waals surface area contributed by atoms with Crippen LogP contribution in [0.4, 0.5) is 5.82 Å². The first-order valence-electron chi connectivity index (χ1n) is 6.57. The first-order chi connectivity index (χ1) is 8.35. The lowest BCUT2D eigenvalue weighted by Crippen LogP contribution is -2.34. The lowest BCUT2D eigenvalue weighted by Gasteiger charge is -2.28. The van der Waals surface area contributed by atoms with Gasteiger partial charge in [0.25, 0.3) is 0 Å². The van der Waals surface area contributed by atoms with E-state index in [4.69, 9.17) is 0 Å². The van der Waals surface area contributed by atoms with E-state index in [1.807, 2.05) is 19.4 Å². The fourth-order valence-electron chi connectivity index (χ4n) is 2.62. The minimum absolute atomic E-state index is 0.666. The second-order valence-corrected chi connectivity index (χ2v) is 4.62. The number of nitrogens with one attached hydrogen (secondary N) is 1. The first-order valence-corrected chi connectivity index (χ1v) is 6.57. The number of hydrogen-bond acceptors (Lipinski definition) is 4. The average Bonchev–Trinajstić information content (AvgIpc) is 2.85. The molecule has 1 heterocycles. The largest absolute Gasteiger partial charge is 0.353 e. The van der Waals surface area contributed by atoms with Gasteiger partial charge >= 0.3 is 0 Å². The van der Waals surface area contributed by atoms with E-state index in [1.54, 1.807) is 0 Å². The Morgan fingerprint density at radius 2 is 2.12 bits per heavy atom. The number of anilines is 1. The summed E-state index contributed by atoms with van der Waals surface area (Å²) in [4.78, 5) is 11.4.